The average molecular weight is 396 g/mol. The summed E-state index contributed by atoms with van der Waals surface area (Å²) in [5.41, 5.74) is 1.73. The Morgan fingerprint density at radius 2 is 2.14 bits per heavy atom. The van der Waals surface area contributed by atoms with Gasteiger partial charge < -0.3 is 15.4 Å². The van der Waals surface area contributed by atoms with Crippen LogP contribution in [0.25, 0.3) is 0 Å². The maximum atomic E-state index is 12.3. The van der Waals surface area contributed by atoms with Crippen LogP contribution in [0.5, 0.6) is 0 Å². The molecule has 2 heterocycles. The van der Waals surface area contributed by atoms with Crippen LogP contribution in [0.2, 0.25) is 0 Å². The van der Waals surface area contributed by atoms with Gasteiger partial charge in [0.05, 0.1) is 12.6 Å². The molecule has 0 bridgehead atoms. The third-order valence-corrected chi connectivity index (χ3v) is 4.46. The van der Waals surface area contributed by atoms with E-state index in [1.54, 1.807) is 30.3 Å². The van der Waals surface area contributed by atoms with Crippen molar-refractivity contribution in [2.24, 2.45) is 0 Å². The van der Waals surface area contributed by atoms with Gasteiger partial charge in [-0.15, -0.1) is 0 Å². The van der Waals surface area contributed by atoms with Gasteiger partial charge in [0.15, 0.2) is 0 Å². The van der Waals surface area contributed by atoms with Crippen molar-refractivity contribution in [3.8, 4) is 0 Å². The van der Waals surface area contributed by atoms with E-state index >= 15 is 0 Å². The number of benzene rings is 1. The van der Waals surface area contributed by atoms with Crippen molar-refractivity contribution in [3.63, 3.8) is 0 Å². The number of ether oxygens (including phenoxy) is 1. The number of amides is 1. The monoisotopic (exact) mass is 396 g/mol. The van der Waals surface area contributed by atoms with Gasteiger partial charge in [0, 0.05) is 19.3 Å². The Morgan fingerprint density at radius 1 is 1.32 bits per heavy atom. The molecule has 1 aromatic carbocycles. The Labute approximate surface area is 161 Å². The lowest BCUT2D eigenvalue weighted by Crippen LogP contribution is -2.32. The molecule has 9 heteroatoms. The molecule has 0 radical (unpaired) electrons. The standard InChI is InChI=1S/C19H23F3N4O2/c20-19(21,22)13-28-12-15-4-1-3-14(9-15)10-24-18(27)17-6-8-26(25-17)16-5-2-7-23-11-16/h1,3-4,6,8-9,16,23H,2,5,7,10-13H2,(H,24,27). The number of hydrogen-bond acceptors (Lipinski definition) is 4. The van der Waals surface area contributed by atoms with Crippen molar-refractivity contribution in [3.05, 3.63) is 53.3 Å². The molecule has 1 aliphatic rings. The SMILES string of the molecule is O=C(NCc1cccc(COCC(F)(F)F)c1)c1ccn(C2CCCNC2)n1. The highest BCUT2D eigenvalue weighted by Crippen LogP contribution is 2.17. The fourth-order valence-electron chi connectivity index (χ4n) is 3.11. The van der Waals surface area contributed by atoms with Gasteiger partial charge in [-0.3, -0.25) is 9.48 Å². The molecule has 0 aliphatic carbocycles. The van der Waals surface area contributed by atoms with Crippen LogP contribution in [0.1, 0.15) is 40.5 Å². The predicted octanol–water partition coefficient (Wildman–Crippen LogP) is 2.82. The van der Waals surface area contributed by atoms with E-state index in [-0.39, 0.29) is 25.1 Å². The highest BCUT2D eigenvalue weighted by molar-refractivity contribution is 5.92. The Kier molecular flexibility index (Phi) is 6.69. The second-order valence-corrected chi connectivity index (χ2v) is 6.79. The van der Waals surface area contributed by atoms with Crippen molar-refractivity contribution < 1.29 is 22.7 Å². The lowest BCUT2D eigenvalue weighted by Gasteiger charge is -2.22. The summed E-state index contributed by atoms with van der Waals surface area (Å²) in [6.07, 6.45) is -0.429. The van der Waals surface area contributed by atoms with Gasteiger partial charge in [0.25, 0.3) is 5.91 Å². The quantitative estimate of drug-likeness (QED) is 0.755. The molecule has 3 rings (SSSR count). The van der Waals surface area contributed by atoms with Crippen molar-refractivity contribution in [1.82, 2.24) is 20.4 Å². The summed E-state index contributed by atoms with van der Waals surface area (Å²) >= 11 is 0. The zero-order valence-electron chi connectivity index (χ0n) is 15.3. The molecular weight excluding hydrogens is 373 g/mol. The molecule has 6 nitrogen and oxygen atoms in total. The average Bonchev–Trinajstić information content (AvgIpc) is 3.16. The molecule has 152 valence electrons. The van der Waals surface area contributed by atoms with Gasteiger partial charge in [-0.1, -0.05) is 24.3 Å². The van der Waals surface area contributed by atoms with Crippen LogP contribution >= 0.6 is 0 Å². The van der Waals surface area contributed by atoms with E-state index in [1.807, 2.05) is 10.9 Å². The Balaban J connectivity index is 1.50. The van der Waals surface area contributed by atoms with Gasteiger partial charge in [-0.05, 0) is 36.6 Å². The third-order valence-electron chi connectivity index (χ3n) is 4.46. The van der Waals surface area contributed by atoms with Crippen LogP contribution < -0.4 is 10.6 Å². The van der Waals surface area contributed by atoms with Crippen molar-refractivity contribution >= 4 is 5.91 Å². The largest absolute Gasteiger partial charge is 0.411 e. The van der Waals surface area contributed by atoms with E-state index in [1.165, 1.54) is 0 Å². The molecule has 2 aromatic rings. The molecule has 1 fully saturated rings. The summed E-state index contributed by atoms with van der Waals surface area (Å²) in [4.78, 5) is 12.3. The Bertz CT molecular complexity index is 785. The zero-order valence-corrected chi connectivity index (χ0v) is 15.3. The van der Waals surface area contributed by atoms with Crippen LogP contribution in [0, 0.1) is 0 Å². The number of nitrogens with one attached hydrogen (secondary N) is 2. The Hall–Kier alpha value is -2.39. The Morgan fingerprint density at radius 3 is 2.89 bits per heavy atom. The summed E-state index contributed by atoms with van der Waals surface area (Å²) in [7, 11) is 0. The van der Waals surface area contributed by atoms with E-state index in [4.69, 9.17) is 0 Å². The number of halogens is 3. The minimum absolute atomic E-state index is 0.138. The number of hydrogen-bond donors (Lipinski definition) is 2. The highest BCUT2D eigenvalue weighted by Gasteiger charge is 2.27. The topological polar surface area (TPSA) is 68.2 Å². The number of alkyl halides is 3. The predicted molar refractivity (Wildman–Crippen MR) is 96.7 cm³/mol. The van der Waals surface area contributed by atoms with E-state index in [2.05, 4.69) is 20.5 Å². The minimum atomic E-state index is -4.34. The lowest BCUT2D eigenvalue weighted by atomic mass is 10.1. The normalized spacial score (nSPS) is 17.5. The molecule has 28 heavy (non-hydrogen) atoms. The van der Waals surface area contributed by atoms with Gasteiger partial charge in [0.2, 0.25) is 0 Å². The third kappa shape index (κ3) is 6.07. The van der Waals surface area contributed by atoms with Crippen LogP contribution in [-0.2, 0) is 17.9 Å². The molecular formula is C19H23F3N4O2. The lowest BCUT2D eigenvalue weighted by molar-refractivity contribution is -0.176. The van der Waals surface area contributed by atoms with E-state index < -0.39 is 12.8 Å². The van der Waals surface area contributed by atoms with Crippen LogP contribution in [0.4, 0.5) is 13.2 Å². The summed E-state index contributed by atoms with van der Waals surface area (Å²) in [6.45, 7) is 0.676. The van der Waals surface area contributed by atoms with E-state index in [9.17, 15) is 18.0 Å². The minimum Gasteiger partial charge on any atom is -0.367 e. The van der Waals surface area contributed by atoms with Gasteiger partial charge in [-0.2, -0.15) is 18.3 Å². The summed E-state index contributed by atoms with van der Waals surface area (Å²) in [5.74, 6) is -0.291. The van der Waals surface area contributed by atoms with Crippen LogP contribution in [0.3, 0.4) is 0 Å². The molecule has 1 atom stereocenters. The maximum absolute atomic E-state index is 12.3. The molecule has 1 aromatic heterocycles. The summed E-state index contributed by atoms with van der Waals surface area (Å²) in [6, 6.07) is 8.84. The molecule has 0 saturated carbocycles. The first-order valence-corrected chi connectivity index (χ1v) is 9.17. The van der Waals surface area contributed by atoms with Crippen LogP contribution in [-0.4, -0.2) is 41.6 Å². The smallest absolute Gasteiger partial charge is 0.367 e. The van der Waals surface area contributed by atoms with Gasteiger partial charge in [0.1, 0.15) is 12.3 Å². The van der Waals surface area contributed by atoms with Crippen molar-refractivity contribution in [2.45, 2.75) is 38.2 Å². The van der Waals surface area contributed by atoms with E-state index in [0.717, 1.165) is 31.5 Å². The molecule has 1 unspecified atom stereocenters. The molecule has 1 saturated heterocycles. The number of carbonyl (C=O) groups is 1. The fraction of sp³-hybridized carbons (Fsp3) is 0.474. The molecule has 2 N–H and O–H groups in total. The number of nitrogens with zero attached hydrogens (tertiary/aromatic N) is 2. The maximum Gasteiger partial charge on any atom is 0.411 e. The number of piperidine rings is 1. The fourth-order valence-corrected chi connectivity index (χ4v) is 3.11. The van der Waals surface area contributed by atoms with E-state index in [0.29, 0.717) is 11.3 Å². The number of rotatable bonds is 7. The number of aromatic nitrogens is 2. The molecule has 0 spiro atoms. The zero-order chi connectivity index (χ0) is 20.0. The molecule has 1 amide bonds. The van der Waals surface area contributed by atoms with Crippen molar-refractivity contribution in [2.75, 3.05) is 19.7 Å². The van der Waals surface area contributed by atoms with Gasteiger partial charge >= 0.3 is 6.18 Å². The van der Waals surface area contributed by atoms with Crippen LogP contribution in [0.15, 0.2) is 36.5 Å². The first-order valence-electron chi connectivity index (χ1n) is 9.17. The van der Waals surface area contributed by atoms with Gasteiger partial charge in [-0.25, -0.2) is 0 Å². The second kappa shape index (κ2) is 9.20. The number of carbonyl (C=O) groups excluding carboxylic acids is 1. The molecule has 1 aliphatic heterocycles. The highest BCUT2D eigenvalue weighted by atomic mass is 19.4. The summed E-state index contributed by atoms with van der Waals surface area (Å²) < 4.78 is 42.9. The summed E-state index contributed by atoms with van der Waals surface area (Å²) in [5, 5.41) is 10.5. The first-order chi connectivity index (χ1) is 13.4. The first kappa shape index (κ1) is 20.3. The second-order valence-electron chi connectivity index (χ2n) is 6.79. The van der Waals surface area contributed by atoms with Crippen molar-refractivity contribution in [1.29, 1.82) is 0 Å².